The Labute approximate surface area is 150 Å². The number of carbonyl (C=O) groups excluding carboxylic acids is 2. The monoisotopic (exact) mass is 351 g/mol. The van der Waals surface area contributed by atoms with E-state index in [0.717, 1.165) is 25.7 Å². The van der Waals surface area contributed by atoms with E-state index < -0.39 is 12.4 Å². The van der Waals surface area contributed by atoms with Gasteiger partial charge in [-0.15, -0.1) is 13.2 Å². The SMILES string of the molecule is CCC(CC)C(=O)CC(=O)[O-].CCCC[O-].CCCC[O-].[Ti+3]. The first kappa shape index (κ1) is 29.7. The van der Waals surface area contributed by atoms with Gasteiger partial charge in [0.25, 0.3) is 0 Å². The number of unbranched alkanes of at least 4 members (excludes halogenated alkanes) is 2. The van der Waals surface area contributed by atoms with E-state index in [-0.39, 0.29) is 46.6 Å². The van der Waals surface area contributed by atoms with Gasteiger partial charge in [-0.3, -0.25) is 4.79 Å². The first-order valence-corrected chi connectivity index (χ1v) is 7.83. The topological polar surface area (TPSA) is 103 Å². The minimum absolute atomic E-state index is 0. The van der Waals surface area contributed by atoms with Crippen molar-refractivity contribution >= 4 is 11.8 Å². The molecule has 0 saturated carbocycles. The molecule has 0 fully saturated rings. The molecule has 0 atom stereocenters. The molecule has 0 amide bonds. The number of aliphatic carboxylic acids is 1. The van der Waals surface area contributed by atoms with Crippen LogP contribution in [0.3, 0.4) is 0 Å². The Kier molecular flexibility index (Phi) is 34.8. The fourth-order valence-electron chi connectivity index (χ4n) is 1.32. The summed E-state index contributed by atoms with van der Waals surface area (Å²) in [4.78, 5) is 21.0. The Morgan fingerprint density at radius 1 is 0.864 bits per heavy atom. The molecule has 0 heterocycles. The molecule has 0 rings (SSSR count). The maximum absolute atomic E-state index is 11.0. The molecule has 0 aromatic heterocycles. The van der Waals surface area contributed by atoms with Gasteiger partial charge < -0.3 is 20.1 Å². The molecule has 0 bridgehead atoms. The van der Waals surface area contributed by atoms with E-state index in [0.29, 0.717) is 12.8 Å². The second kappa shape index (κ2) is 25.7. The largest absolute Gasteiger partial charge is 3.00 e. The van der Waals surface area contributed by atoms with Crippen LogP contribution >= 0.6 is 0 Å². The van der Waals surface area contributed by atoms with Gasteiger partial charge in [0.2, 0.25) is 0 Å². The van der Waals surface area contributed by atoms with Crippen LogP contribution in [0.25, 0.3) is 0 Å². The van der Waals surface area contributed by atoms with Crippen LogP contribution in [-0.2, 0) is 31.3 Å². The van der Waals surface area contributed by atoms with Crippen molar-refractivity contribution in [3.63, 3.8) is 0 Å². The van der Waals surface area contributed by atoms with Gasteiger partial charge in [0, 0.05) is 18.3 Å². The summed E-state index contributed by atoms with van der Waals surface area (Å²) in [6, 6.07) is 0. The molecule has 0 saturated heterocycles. The summed E-state index contributed by atoms with van der Waals surface area (Å²) in [5, 5.41) is 29.1. The molecule has 1 radical (unpaired) electrons. The average molecular weight is 351 g/mol. The molecular formula is C16H31O5Ti. The minimum Gasteiger partial charge on any atom is -0.854 e. The zero-order valence-corrected chi connectivity index (χ0v) is 16.0. The third-order valence-electron chi connectivity index (χ3n) is 2.76. The summed E-state index contributed by atoms with van der Waals surface area (Å²) in [5.74, 6) is -1.59. The van der Waals surface area contributed by atoms with Crippen LogP contribution in [0.4, 0.5) is 0 Å². The molecule has 0 aliphatic carbocycles. The van der Waals surface area contributed by atoms with Crippen molar-refractivity contribution in [3.05, 3.63) is 0 Å². The fourth-order valence-corrected chi connectivity index (χ4v) is 1.32. The van der Waals surface area contributed by atoms with Crippen molar-refractivity contribution < 1.29 is 46.6 Å². The summed E-state index contributed by atoms with van der Waals surface area (Å²) in [5.41, 5.74) is 0. The van der Waals surface area contributed by atoms with Crippen molar-refractivity contribution in [2.24, 2.45) is 5.92 Å². The van der Waals surface area contributed by atoms with Gasteiger partial charge in [-0.2, -0.15) is 0 Å². The van der Waals surface area contributed by atoms with Gasteiger partial charge in [0.05, 0.1) is 0 Å². The number of rotatable bonds is 9. The minimum atomic E-state index is -1.28. The Hall–Kier alpha value is -0.226. The van der Waals surface area contributed by atoms with Crippen LogP contribution in [0.5, 0.6) is 0 Å². The summed E-state index contributed by atoms with van der Waals surface area (Å²) in [7, 11) is 0. The molecule has 129 valence electrons. The van der Waals surface area contributed by atoms with E-state index >= 15 is 0 Å². The normalized spacial score (nSPS) is 8.86. The first-order chi connectivity index (χ1) is 9.94. The number of hydrogen-bond acceptors (Lipinski definition) is 5. The summed E-state index contributed by atoms with van der Waals surface area (Å²) in [6.07, 6.45) is 4.71. The molecule has 22 heavy (non-hydrogen) atoms. The van der Waals surface area contributed by atoms with E-state index in [4.69, 9.17) is 0 Å². The molecule has 0 spiro atoms. The predicted octanol–water partition coefficient (Wildman–Crippen LogP) is 0.423. The number of carbonyl (C=O) groups is 2. The van der Waals surface area contributed by atoms with E-state index in [9.17, 15) is 24.9 Å². The fraction of sp³-hybridized carbons (Fsp3) is 0.875. The number of hydrogen-bond donors (Lipinski definition) is 0. The third kappa shape index (κ3) is 28.0. The first-order valence-electron chi connectivity index (χ1n) is 7.83. The molecule has 0 aliphatic heterocycles. The molecule has 0 aromatic carbocycles. The second-order valence-corrected chi connectivity index (χ2v) is 4.64. The third-order valence-corrected chi connectivity index (χ3v) is 2.76. The van der Waals surface area contributed by atoms with Crippen LogP contribution in [0.1, 0.15) is 72.6 Å². The zero-order chi connectivity index (χ0) is 17.1. The van der Waals surface area contributed by atoms with Crippen LogP contribution < -0.4 is 15.3 Å². The molecule has 6 heteroatoms. The van der Waals surface area contributed by atoms with E-state index in [2.05, 4.69) is 0 Å². The predicted molar refractivity (Wildman–Crippen MR) is 78.3 cm³/mol. The molecule has 0 N–H and O–H groups in total. The Morgan fingerprint density at radius 2 is 1.23 bits per heavy atom. The Bertz CT molecular complexity index is 221. The quantitative estimate of drug-likeness (QED) is 0.442. The van der Waals surface area contributed by atoms with Crippen LogP contribution in [0.15, 0.2) is 0 Å². The number of ketones is 1. The van der Waals surface area contributed by atoms with Gasteiger partial charge in [-0.25, -0.2) is 0 Å². The number of carboxylic acid groups (broad SMARTS) is 1. The molecular weight excluding hydrogens is 320 g/mol. The van der Waals surface area contributed by atoms with Crippen molar-refractivity contribution in [3.8, 4) is 0 Å². The summed E-state index contributed by atoms with van der Waals surface area (Å²) < 4.78 is 0. The average Bonchev–Trinajstić information content (AvgIpc) is 2.42. The van der Waals surface area contributed by atoms with Gasteiger partial charge in [0.15, 0.2) is 0 Å². The smallest absolute Gasteiger partial charge is 0.854 e. The van der Waals surface area contributed by atoms with Crippen LogP contribution in [0.2, 0.25) is 0 Å². The van der Waals surface area contributed by atoms with E-state index in [1.54, 1.807) is 0 Å². The van der Waals surface area contributed by atoms with Gasteiger partial charge in [-0.05, 0) is 12.8 Å². The van der Waals surface area contributed by atoms with E-state index in [1.807, 2.05) is 27.7 Å². The molecule has 0 aliphatic rings. The van der Waals surface area contributed by atoms with Crippen LogP contribution in [0, 0.1) is 5.92 Å². The standard InChI is InChI=1S/C8H14O3.2C4H9O.Ti/c1-3-6(4-2)7(9)5-8(10)11;2*1-2-3-4-5;/h6H,3-5H2,1-2H3,(H,10,11);2*2-4H2,1H3;/q;2*-1;+3/p-1. The number of carboxylic acids is 1. The van der Waals surface area contributed by atoms with Gasteiger partial charge >= 0.3 is 21.7 Å². The van der Waals surface area contributed by atoms with Crippen molar-refractivity contribution in [2.75, 3.05) is 13.2 Å². The van der Waals surface area contributed by atoms with Gasteiger partial charge in [0.1, 0.15) is 5.78 Å². The van der Waals surface area contributed by atoms with Crippen molar-refractivity contribution in [1.82, 2.24) is 0 Å². The summed E-state index contributed by atoms with van der Waals surface area (Å²) >= 11 is 0. The second-order valence-electron chi connectivity index (χ2n) is 4.64. The Balaban J connectivity index is -0.000000124. The molecule has 0 unspecified atom stereocenters. The van der Waals surface area contributed by atoms with Gasteiger partial charge in [-0.1, -0.05) is 53.4 Å². The van der Waals surface area contributed by atoms with Crippen LogP contribution in [-0.4, -0.2) is 25.0 Å². The molecule has 0 aromatic rings. The van der Waals surface area contributed by atoms with E-state index in [1.165, 1.54) is 0 Å². The van der Waals surface area contributed by atoms with Crippen molar-refractivity contribution in [2.45, 2.75) is 72.6 Å². The maximum atomic E-state index is 11.0. The summed E-state index contributed by atoms with van der Waals surface area (Å²) in [6.45, 7) is 7.96. The zero-order valence-electron chi connectivity index (χ0n) is 14.5. The number of Topliss-reactive ketones (excluding diaryl/α,β-unsaturated/α-hetero) is 1. The maximum Gasteiger partial charge on any atom is 3.00 e. The molecule has 5 nitrogen and oxygen atoms in total. The van der Waals surface area contributed by atoms with Crippen molar-refractivity contribution in [1.29, 1.82) is 0 Å². The Morgan fingerprint density at radius 3 is 1.36 bits per heavy atom.